The molecule has 0 amide bonds. The summed E-state index contributed by atoms with van der Waals surface area (Å²) < 4.78 is 7.60. The van der Waals surface area contributed by atoms with Crippen molar-refractivity contribution in [2.75, 3.05) is 0 Å². The summed E-state index contributed by atoms with van der Waals surface area (Å²) in [6.45, 7) is 5.19. The number of ether oxygens (including phenoxy) is 1. The molecule has 1 aliphatic rings. The minimum absolute atomic E-state index is 0.149. The molecule has 0 N–H and O–H groups in total. The highest BCUT2D eigenvalue weighted by molar-refractivity contribution is 6.08. The van der Waals surface area contributed by atoms with Crippen molar-refractivity contribution < 1.29 is 9.53 Å². The molecule has 0 radical (unpaired) electrons. The van der Waals surface area contributed by atoms with Gasteiger partial charge in [-0.2, -0.15) is 0 Å². The van der Waals surface area contributed by atoms with Crippen molar-refractivity contribution >= 4 is 33.9 Å². The molecule has 2 heterocycles. The number of esters is 1. The second kappa shape index (κ2) is 6.25. The van der Waals surface area contributed by atoms with Crippen LogP contribution >= 0.6 is 0 Å². The van der Waals surface area contributed by atoms with Crippen LogP contribution in [0.15, 0.2) is 60.7 Å². The van der Waals surface area contributed by atoms with Crippen LogP contribution < -0.4 is 0 Å². The summed E-state index contributed by atoms with van der Waals surface area (Å²) in [6, 6.07) is 15.1. The standard InChI is InChI=1S/C22H21NO2/c1-3-23-19-7-5-4-6-17(19)18-14-16(10-11-20(18)23)9-8-15(2)21-12-13-22(24)25-21/h4-15,21H,3H2,1-2H3/b9-8+/t15-,21-/m1/s1. The summed E-state index contributed by atoms with van der Waals surface area (Å²) in [6.07, 6.45) is 7.39. The van der Waals surface area contributed by atoms with Gasteiger partial charge in [-0.25, -0.2) is 4.79 Å². The number of hydrogen-bond donors (Lipinski definition) is 0. The van der Waals surface area contributed by atoms with Crippen LogP contribution in [-0.4, -0.2) is 16.6 Å². The molecule has 1 aliphatic heterocycles. The molecule has 0 saturated heterocycles. The van der Waals surface area contributed by atoms with Crippen molar-refractivity contribution in [3.8, 4) is 0 Å². The second-order valence-corrected chi connectivity index (χ2v) is 6.52. The molecule has 25 heavy (non-hydrogen) atoms. The number of nitrogens with zero attached hydrogens (tertiary/aromatic N) is 1. The van der Waals surface area contributed by atoms with Crippen LogP contribution in [0.5, 0.6) is 0 Å². The van der Waals surface area contributed by atoms with E-state index in [0.29, 0.717) is 0 Å². The summed E-state index contributed by atoms with van der Waals surface area (Å²) in [5.74, 6) is -0.102. The molecule has 3 nitrogen and oxygen atoms in total. The van der Waals surface area contributed by atoms with Crippen LogP contribution in [0.4, 0.5) is 0 Å². The van der Waals surface area contributed by atoms with Crippen molar-refractivity contribution in [2.45, 2.75) is 26.5 Å². The molecule has 0 saturated carbocycles. The number of carbonyl (C=O) groups is 1. The SMILES string of the molecule is CCn1c2ccccc2c2cc(/C=C/[C@@H](C)[C@H]3C=CC(=O)O3)ccc21. The lowest BCUT2D eigenvalue weighted by Gasteiger charge is -2.13. The van der Waals surface area contributed by atoms with Crippen LogP contribution in [0.2, 0.25) is 0 Å². The Bertz CT molecular complexity index is 1010. The lowest BCUT2D eigenvalue weighted by atomic mass is 10.0. The highest BCUT2D eigenvalue weighted by Gasteiger charge is 2.21. The van der Waals surface area contributed by atoms with E-state index in [4.69, 9.17) is 4.74 Å². The predicted molar refractivity (Wildman–Crippen MR) is 102 cm³/mol. The topological polar surface area (TPSA) is 31.2 Å². The zero-order chi connectivity index (χ0) is 17.4. The molecule has 0 fully saturated rings. The molecular weight excluding hydrogens is 310 g/mol. The highest BCUT2D eigenvalue weighted by atomic mass is 16.5. The van der Waals surface area contributed by atoms with Gasteiger partial charge in [0.15, 0.2) is 0 Å². The Labute approximate surface area is 147 Å². The maximum absolute atomic E-state index is 11.2. The Balaban J connectivity index is 1.69. The molecule has 0 spiro atoms. The van der Waals surface area contributed by atoms with Gasteiger partial charge in [-0.3, -0.25) is 0 Å². The Kier molecular flexibility index (Phi) is 3.92. The first kappa shape index (κ1) is 15.7. The smallest absolute Gasteiger partial charge is 0.331 e. The van der Waals surface area contributed by atoms with E-state index in [9.17, 15) is 4.79 Å². The minimum Gasteiger partial charge on any atom is -0.454 e. The normalized spacial score (nSPS) is 18.5. The summed E-state index contributed by atoms with van der Waals surface area (Å²) in [4.78, 5) is 11.2. The molecule has 126 valence electrons. The first-order chi connectivity index (χ1) is 12.2. The first-order valence-corrected chi connectivity index (χ1v) is 8.75. The second-order valence-electron chi connectivity index (χ2n) is 6.52. The molecule has 2 aromatic carbocycles. The Morgan fingerprint density at radius 2 is 1.96 bits per heavy atom. The first-order valence-electron chi connectivity index (χ1n) is 8.75. The van der Waals surface area contributed by atoms with Gasteiger partial charge in [0.2, 0.25) is 0 Å². The number of rotatable bonds is 4. The monoisotopic (exact) mass is 331 g/mol. The number of aryl methyl sites for hydroxylation is 1. The van der Waals surface area contributed by atoms with E-state index in [1.165, 1.54) is 27.9 Å². The fraction of sp³-hybridized carbons (Fsp3) is 0.227. The van der Waals surface area contributed by atoms with E-state index in [2.05, 4.69) is 73.0 Å². The fourth-order valence-corrected chi connectivity index (χ4v) is 3.56. The van der Waals surface area contributed by atoms with Crippen molar-refractivity contribution in [1.29, 1.82) is 0 Å². The van der Waals surface area contributed by atoms with Gasteiger partial charge in [0.1, 0.15) is 6.10 Å². The number of para-hydroxylation sites is 1. The predicted octanol–water partition coefficient (Wildman–Crippen LogP) is 4.95. The van der Waals surface area contributed by atoms with Gasteiger partial charge in [0.05, 0.1) is 0 Å². The van der Waals surface area contributed by atoms with Gasteiger partial charge in [-0.1, -0.05) is 43.3 Å². The average molecular weight is 331 g/mol. The zero-order valence-corrected chi connectivity index (χ0v) is 14.5. The van der Waals surface area contributed by atoms with Crippen LogP contribution in [-0.2, 0) is 16.1 Å². The van der Waals surface area contributed by atoms with E-state index in [0.717, 1.165) is 12.1 Å². The summed E-state index contributed by atoms with van der Waals surface area (Å²) in [5, 5.41) is 2.56. The van der Waals surface area contributed by atoms with Gasteiger partial charge < -0.3 is 9.30 Å². The summed E-state index contributed by atoms with van der Waals surface area (Å²) in [7, 11) is 0. The molecule has 0 unspecified atom stereocenters. The largest absolute Gasteiger partial charge is 0.454 e. The van der Waals surface area contributed by atoms with Gasteiger partial charge in [0.25, 0.3) is 0 Å². The van der Waals surface area contributed by atoms with Gasteiger partial charge in [0, 0.05) is 40.3 Å². The average Bonchev–Trinajstić information content (AvgIpc) is 3.20. The molecule has 0 bridgehead atoms. The van der Waals surface area contributed by atoms with Gasteiger partial charge in [-0.15, -0.1) is 0 Å². The van der Waals surface area contributed by atoms with E-state index in [1.54, 1.807) is 0 Å². The number of carbonyl (C=O) groups excluding carboxylic acids is 1. The minimum atomic E-state index is -0.251. The Morgan fingerprint density at radius 3 is 2.72 bits per heavy atom. The van der Waals surface area contributed by atoms with Gasteiger partial charge in [-0.05, 0) is 36.8 Å². The van der Waals surface area contributed by atoms with Crippen LogP contribution in [0, 0.1) is 5.92 Å². The number of fused-ring (bicyclic) bond motifs is 3. The lowest BCUT2D eigenvalue weighted by Crippen LogP contribution is -2.15. The number of aromatic nitrogens is 1. The third-order valence-corrected chi connectivity index (χ3v) is 4.90. The maximum atomic E-state index is 11.2. The third-order valence-electron chi connectivity index (χ3n) is 4.90. The molecule has 2 atom stereocenters. The molecule has 3 aromatic rings. The fourth-order valence-electron chi connectivity index (χ4n) is 3.56. The van der Waals surface area contributed by atoms with Crippen LogP contribution in [0.25, 0.3) is 27.9 Å². The Hall–Kier alpha value is -2.81. The van der Waals surface area contributed by atoms with E-state index < -0.39 is 0 Å². The Morgan fingerprint density at radius 1 is 1.16 bits per heavy atom. The maximum Gasteiger partial charge on any atom is 0.331 e. The number of cyclic esters (lactones) is 1. The molecule has 0 aliphatic carbocycles. The quantitative estimate of drug-likeness (QED) is 0.634. The van der Waals surface area contributed by atoms with E-state index in [-0.39, 0.29) is 18.0 Å². The summed E-state index contributed by atoms with van der Waals surface area (Å²) in [5.41, 5.74) is 3.70. The highest BCUT2D eigenvalue weighted by Crippen LogP contribution is 2.30. The van der Waals surface area contributed by atoms with Gasteiger partial charge >= 0.3 is 5.97 Å². The zero-order valence-electron chi connectivity index (χ0n) is 14.5. The summed E-state index contributed by atoms with van der Waals surface area (Å²) >= 11 is 0. The molecule has 4 rings (SSSR count). The van der Waals surface area contributed by atoms with Crippen LogP contribution in [0.3, 0.4) is 0 Å². The third kappa shape index (κ3) is 2.76. The molecular formula is C22H21NO2. The molecule has 3 heteroatoms. The van der Waals surface area contributed by atoms with Crippen LogP contribution in [0.1, 0.15) is 19.4 Å². The van der Waals surface area contributed by atoms with Crippen molar-refractivity contribution in [1.82, 2.24) is 4.57 Å². The molecule has 1 aromatic heterocycles. The van der Waals surface area contributed by atoms with E-state index >= 15 is 0 Å². The van der Waals surface area contributed by atoms with Crippen molar-refractivity contribution in [3.05, 3.63) is 66.3 Å². The number of hydrogen-bond acceptors (Lipinski definition) is 2. The lowest BCUT2D eigenvalue weighted by molar-refractivity contribution is -0.139. The van der Waals surface area contributed by atoms with Crippen molar-refractivity contribution in [3.63, 3.8) is 0 Å². The van der Waals surface area contributed by atoms with Crippen molar-refractivity contribution in [2.24, 2.45) is 5.92 Å². The van der Waals surface area contributed by atoms with E-state index in [1.807, 2.05) is 6.08 Å². The number of benzene rings is 2.